The minimum Gasteiger partial charge on any atom is -0.480 e. The number of hydroxylamine groups is 1. The molecule has 0 unspecified atom stereocenters. The molecule has 2 amide bonds. The van der Waals surface area contributed by atoms with Crippen LogP contribution < -0.4 is 15.5 Å². The second kappa shape index (κ2) is 9.27. The zero-order valence-corrected chi connectivity index (χ0v) is 18.8. The van der Waals surface area contributed by atoms with E-state index < -0.39 is 11.8 Å². The highest BCUT2D eigenvalue weighted by Crippen LogP contribution is 2.26. The van der Waals surface area contributed by atoms with Crippen LogP contribution in [0.2, 0.25) is 5.02 Å². The SMILES string of the molecule is CCONC(=O)c1c(NC(=O)c2cc(OC)nn2-c2ncccc2Cl)c(C)cc2ccnn12. The van der Waals surface area contributed by atoms with Gasteiger partial charge in [0.25, 0.3) is 11.8 Å². The van der Waals surface area contributed by atoms with Gasteiger partial charge in [0.05, 0.1) is 36.1 Å². The Morgan fingerprint density at radius 3 is 2.73 bits per heavy atom. The van der Waals surface area contributed by atoms with Crippen molar-refractivity contribution >= 4 is 34.6 Å². The molecule has 2 N–H and O–H groups in total. The number of anilines is 1. The quantitative estimate of drug-likeness (QED) is 0.399. The van der Waals surface area contributed by atoms with E-state index >= 15 is 0 Å². The van der Waals surface area contributed by atoms with Gasteiger partial charge in [0.15, 0.2) is 11.5 Å². The molecule has 0 radical (unpaired) electrons. The molecule has 4 heterocycles. The van der Waals surface area contributed by atoms with Crippen LogP contribution in [0.25, 0.3) is 11.3 Å². The average Bonchev–Trinajstić information content (AvgIpc) is 3.45. The van der Waals surface area contributed by atoms with E-state index in [0.29, 0.717) is 16.1 Å². The number of carbonyl (C=O) groups excluding carboxylic acids is 2. The fourth-order valence-electron chi connectivity index (χ4n) is 3.24. The highest BCUT2D eigenvalue weighted by atomic mass is 35.5. The van der Waals surface area contributed by atoms with Crippen LogP contribution in [0.15, 0.2) is 42.7 Å². The lowest BCUT2D eigenvalue weighted by molar-refractivity contribution is 0.0358. The normalized spacial score (nSPS) is 10.9. The predicted octanol–water partition coefficient (Wildman–Crippen LogP) is 2.82. The number of aryl methyl sites for hydroxylation is 1. The first-order valence-electron chi connectivity index (χ1n) is 9.90. The topological polar surface area (TPSA) is 125 Å². The van der Waals surface area contributed by atoms with Crippen molar-refractivity contribution in [1.82, 2.24) is 29.9 Å². The van der Waals surface area contributed by atoms with Crippen molar-refractivity contribution in [3.63, 3.8) is 0 Å². The zero-order valence-electron chi connectivity index (χ0n) is 18.0. The van der Waals surface area contributed by atoms with Crippen molar-refractivity contribution in [2.75, 3.05) is 19.0 Å². The molecule has 0 aliphatic heterocycles. The molecular weight excluding hydrogens is 450 g/mol. The van der Waals surface area contributed by atoms with E-state index in [2.05, 4.69) is 26.0 Å². The Morgan fingerprint density at radius 2 is 2.00 bits per heavy atom. The molecule has 0 spiro atoms. The summed E-state index contributed by atoms with van der Waals surface area (Å²) in [5.74, 6) is -0.687. The van der Waals surface area contributed by atoms with Gasteiger partial charge in [-0.25, -0.2) is 19.7 Å². The standard InChI is InChI=1S/C21H20ClN7O4/c1-4-33-27-21(31)18-17(12(2)10-13-7-9-24-28(13)18)25-20(30)15-11-16(32-3)26-29(15)19-14(22)6-5-8-23-19/h5-11H,4H2,1-3H3,(H,25,30)(H,27,31). The summed E-state index contributed by atoms with van der Waals surface area (Å²) in [6.07, 6.45) is 3.09. The van der Waals surface area contributed by atoms with Crippen molar-refractivity contribution < 1.29 is 19.2 Å². The number of fused-ring (bicyclic) bond motifs is 1. The third kappa shape index (κ3) is 4.23. The maximum atomic E-state index is 13.4. The van der Waals surface area contributed by atoms with Gasteiger partial charge in [-0.05, 0) is 43.7 Å². The third-order valence-electron chi connectivity index (χ3n) is 4.71. The molecule has 0 aliphatic carbocycles. The number of aromatic nitrogens is 5. The third-order valence-corrected chi connectivity index (χ3v) is 5.01. The minimum absolute atomic E-state index is 0.101. The number of amides is 2. The average molecular weight is 470 g/mol. The maximum absolute atomic E-state index is 13.4. The summed E-state index contributed by atoms with van der Waals surface area (Å²) in [6, 6.07) is 8.29. The second-order valence-corrected chi connectivity index (χ2v) is 7.24. The number of rotatable bonds is 7. The largest absolute Gasteiger partial charge is 0.480 e. The molecule has 0 saturated carbocycles. The Labute approximate surface area is 193 Å². The number of nitrogens with zero attached hydrogens (tertiary/aromatic N) is 5. The molecule has 4 rings (SSSR count). The van der Waals surface area contributed by atoms with Gasteiger partial charge in [-0.15, -0.1) is 5.10 Å². The summed E-state index contributed by atoms with van der Waals surface area (Å²) in [5.41, 5.74) is 4.14. The lowest BCUT2D eigenvalue weighted by Crippen LogP contribution is -2.29. The van der Waals surface area contributed by atoms with Crippen molar-refractivity contribution in [2.24, 2.45) is 0 Å². The Hall–Kier alpha value is -3.96. The molecular formula is C21H20ClN7O4. The van der Waals surface area contributed by atoms with E-state index in [0.717, 1.165) is 0 Å². The van der Waals surface area contributed by atoms with E-state index in [1.807, 2.05) is 0 Å². The van der Waals surface area contributed by atoms with Crippen LogP contribution in [0.4, 0.5) is 5.69 Å². The number of hydrogen-bond donors (Lipinski definition) is 2. The lowest BCUT2D eigenvalue weighted by Gasteiger charge is -2.16. The van der Waals surface area contributed by atoms with E-state index in [1.165, 1.54) is 28.6 Å². The molecule has 0 aromatic carbocycles. The van der Waals surface area contributed by atoms with Crippen molar-refractivity contribution in [3.05, 3.63) is 64.7 Å². The van der Waals surface area contributed by atoms with Gasteiger partial charge in [0.2, 0.25) is 5.88 Å². The lowest BCUT2D eigenvalue weighted by atomic mass is 10.1. The summed E-state index contributed by atoms with van der Waals surface area (Å²) in [6.45, 7) is 3.78. The van der Waals surface area contributed by atoms with E-state index in [-0.39, 0.29) is 35.4 Å². The molecule has 4 aromatic rings. The number of halogens is 1. The molecule has 0 aliphatic rings. The molecule has 0 saturated heterocycles. The molecule has 4 aromatic heterocycles. The van der Waals surface area contributed by atoms with E-state index in [4.69, 9.17) is 21.2 Å². The molecule has 33 heavy (non-hydrogen) atoms. The van der Waals surface area contributed by atoms with Gasteiger partial charge < -0.3 is 10.1 Å². The van der Waals surface area contributed by atoms with Crippen LogP contribution in [-0.2, 0) is 4.84 Å². The number of ether oxygens (including phenoxy) is 1. The Balaban J connectivity index is 1.79. The van der Waals surface area contributed by atoms with Crippen molar-refractivity contribution in [1.29, 1.82) is 0 Å². The van der Waals surface area contributed by atoms with Crippen molar-refractivity contribution in [2.45, 2.75) is 13.8 Å². The van der Waals surface area contributed by atoms with Gasteiger partial charge in [0, 0.05) is 12.3 Å². The second-order valence-electron chi connectivity index (χ2n) is 6.83. The van der Waals surface area contributed by atoms with Crippen LogP contribution in [0.3, 0.4) is 0 Å². The summed E-state index contributed by atoms with van der Waals surface area (Å²) in [7, 11) is 1.43. The smallest absolute Gasteiger partial charge is 0.295 e. The highest BCUT2D eigenvalue weighted by Gasteiger charge is 2.25. The van der Waals surface area contributed by atoms with Gasteiger partial charge in [-0.1, -0.05) is 11.6 Å². The maximum Gasteiger partial charge on any atom is 0.295 e. The van der Waals surface area contributed by atoms with Gasteiger partial charge in [0.1, 0.15) is 5.69 Å². The van der Waals surface area contributed by atoms with E-state index in [9.17, 15) is 9.59 Å². The van der Waals surface area contributed by atoms with Gasteiger partial charge in [-0.2, -0.15) is 5.10 Å². The fourth-order valence-corrected chi connectivity index (χ4v) is 3.44. The summed E-state index contributed by atoms with van der Waals surface area (Å²) in [5, 5.41) is 11.6. The molecule has 12 heteroatoms. The zero-order chi connectivity index (χ0) is 23.5. The van der Waals surface area contributed by atoms with Crippen LogP contribution >= 0.6 is 11.6 Å². The molecule has 0 bridgehead atoms. The van der Waals surface area contributed by atoms with Gasteiger partial charge in [-0.3, -0.25) is 14.4 Å². The first kappa shape index (κ1) is 22.2. The Bertz CT molecular complexity index is 1350. The first-order chi connectivity index (χ1) is 15.9. The Morgan fingerprint density at radius 1 is 1.18 bits per heavy atom. The number of pyridine rings is 2. The molecule has 0 fully saturated rings. The molecule has 170 valence electrons. The number of carbonyl (C=O) groups is 2. The Kier molecular flexibility index (Phi) is 6.24. The van der Waals surface area contributed by atoms with Crippen LogP contribution in [0, 0.1) is 6.92 Å². The molecule has 11 nitrogen and oxygen atoms in total. The predicted molar refractivity (Wildman–Crippen MR) is 120 cm³/mol. The first-order valence-corrected chi connectivity index (χ1v) is 10.3. The minimum atomic E-state index is -0.566. The van der Waals surface area contributed by atoms with Crippen LogP contribution in [0.5, 0.6) is 5.88 Å². The van der Waals surface area contributed by atoms with Crippen LogP contribution in [-0.4, -0.2) is 49.9 Å². The van der Waals surface area contributed by atoms with Gasteiger partial charge >= 0.3 is 0 Å². The molecule has 0 atom stereocenters. The number of hydrogen-bond acceptors (Lipinski definition) is 7. The summed E-state index contributed by atoms with van der Waals surface area (Å²) < 4.78 is 7.89. The fraction of sp³-hybridized carbons (Fsp3) is 0.190. The monoisotopic (exact) mass is 469 g/mol. The van der Waals surface area contributed by atoms with Crippen LogP contribution in [0.1, 0.15) is 33.5 Å². The van der Waals surface area contributed by atoms with E-state index in [1.54, 1.807) is 44.3 Å². The summed E-state index contributed by atoms with van der Waals surface area (Å²) >= 11 is 6.27. The number of nitrogens with one attached hydrogen (secondary N) is 2. The highest BCUT2D eigenvalue weighted by molar-refractivity contribution is 6.32. The number of methoxy groups -OCH3 is 1. The van der Waals surface area contributed by atoms with Crippen molar-refractivity contribution in [3.8, 4) is 11.7 Å². The summed E-state index contributed by atoms with van der Waals surface area (Å²) in [4.78, 5) is 35.5.